The predicted octanol–water partition coefficient (Wildman–Crippen LogP) is 1.90. The molecule has 0 fully saturated rings. The van der Waals surface area contributed by atoms with E-state index in [0.717, 1.165) is 6.42 Å². The summed E-state index contributed by atoms with van der Waals surface area (Å²) in [5, 5.41) is 2.76. The first kappa shape index (κ1) is 14.6. The molecule has 0 spiro atoms. The molecule has 1 amide bonds. The standard InChI is InChI=1S/C12H16N2O3.ClH/c1-2-3-9(13)12(15)14-8-4-5-10-11(6-8)17-7-16-10;/h4-6,9H,2-3,7,13H2,1H3,(H,14,15);1H. The lowest BCUT2D eigenvalue weighted by atomic mass is 10.1. The third-order valence-corrected chi connectivity index (χ3v) is 2.58. The average Bonchev–Trinajstić information content (AvgIpc) is 2.76. The summed E-state index contributed by atoms with van der Waals surface area (Å²) in [6.07, 6.45) is 1.56. The minimum atomic E-state index is -0.467. The molecule has 1 heterocycles. The maximum atomic E-state index is 11.7. The molecular weight excluding hydrogens is 256 g/mol. The van der Waals surface area contributed by atoms with Crippen molar-refractivity contribution in [3.05, 3.63) is 18.2 Å². The first-order valence-electron chi connectivity index (χ1n) is 5.67. The van der Waals surface area contributed by atoms with Crippen molar-refractivity contribution in [2.24, 2.45) is 5.73 Å². The second kappa shape index (κ2) is 6.47. The van der Waals surface area contributed by atoms with Crippen molar-refractivity contribution in [1.82, 2.24) is 0 Å². The van der Waals surface area contributed by atoms with Crippen LogP contribution in [0.15, 0.2) is 18.2 Å². The molecule has 1 unspecified atom stereocenters. The Kier molecular flexibility index (Phi) is 5.25. The Hall–Kier alpha value is -1.46. The van der Waals surface area contributed by atoms with Crippen LogP contribution in [0, 0.1) is 0 Å². The van der Waals surface area contributed by atoms with Crippen LogP contribution in [0.1, 0.15) is 19.8 Å². The van der Waals surface area contributed by atoms with E-state index < -0.39 is 6.04 Å². The maximum absolute atomic E-state index is 11.7. The van der Waals surface area contributed by atoms with E-state index in [-0.39, 0.29) is 25.1 Å². The fourth-order valence-electron chi connectivity index (χ4n) is 1.65. The van der Waals surface area contributed by atoms with E-state index in [2.05, 4.69) is 5.32 Å². The average molecular weight is 273 g/mol. The normalized spacial score (nSPS) is 13.7. The molecule has 0 radical (unpaired) electrons. The Morgan fingerprint density at radius 2 is 2.17 bits per heavy atom. The molecule has 0 aliphatic carbocycles. The third kappa shape index (κ3) is 3.27. The molecule has 0 saturated carbocycles. The van der Waals surface area contributed by atoms with Crippen LogP contribution in [0.25, 0.3) is 0 Å². The lowest BCUT2D eigenvalue weighted by Crippen LogP contribution is -2.35. The highest BCUT2D eigenvalue weighted by molar-refractivity contribution is 5.94. The largest absolute Gasteiger partial charge is 0.454 e. The van der Waals surface area contributed by atoms with Crippen molar-refractivity contribution >= 4 is 24.0 Å². The van der Waals surface area contributed by atoms with Crippen molar-refractivity contribution in [1.29, 1.82) is 0 Å². The lowest BCUT2D eigenvalue weighted by molar-refractivity contribution is -0.117. The highest BCUT2D eigenvalue weighted by Gasteiger charge is 2.16. The van der Waals surface area contributed by atoms with Crippen molar-refractivity contribution in [3.8, 4) is 11.5 Å². The molecule has 2 rings (SSSR count). The summed E-state index contributed by atoms with van der Waals surface area (Å²) < 4.78 is 10.4. The quantitative estimate of drug-likeness (QED) is 0.878. The van der Waals surface area contributed by atoms with Crippen LogP contribution in [0.4, 0.5) is 5.69 Å². The molecule has 100 valence electrons. The summed E-state index contributed by atoms with van der Waals surface area (Å²) >= 11 is 0. The zero-order valence-corrected chi connectivity index (χ0v) is 11.0. The van der Waals surface area contributed by atoms with Gasteiger partial charge >= 0.3 is 0 Å². The fourth-order valence-corrected chi connectivity index (χ4v) is 1.65. The minimum absolute atomic E-state index is 0. The van der Waals surface area contributed by atoms with E-state index in [0.29, 0.717) is 23.6 Å². The number of hydrogen-bond donors (Lipinski definition) is 2. The Labute approximate surface area is 112 Å². The van der Waals surface area contributed by atoms with E-state index in [9.17, 15) is 4.79 Å². The Morgan fingerprint density at radius 1 is 1.44 bits per heavy atom. The molecule has 1 aromatic carbocycles. The Morgan fingerprint density at radius 3 is 2.89 bits per heavy atom. The SMILES string of the molecule is CCCC(N)C(=O)Nc1ccc2c(c1)OCO2.Cl. The summed E-state index contributed by atoms with van der Waals surface area (Å²) in [6, 6.07) is 4.80. The van der Waals surface area contributed by atoms with E-state index in [1.807, 2.05) is 6.92 Å². The molecule has 18 heavy (non-hydrogen) atoms. The minimum Gasteiger partial charge on any atom is -0.454 e. The van der Waals surface area contributed by atoms with Crippen LogP contribution in [0.5, 0.6) is 11.5 Å². The van der Waals surface area contributed by atoms with E-state index in [4.69, 9.17) is 15.2 Å². The summed E-state index contributed by atoms with van der Waals surface area (Å²) in [7, 11) is 0. The molecule has 0 bridgehead atoms. The summed E-state index contributed by atoms with van der Waals surface area (Å²) in [5.74, 6) is 1.17. The van der Waals surface area contributed by atoms with Gasteiger partial charge in [0, 0.05) is 11.8 Å². The summed E-state index contributed by atoms with van der Waals surface area (Å²) in [5.41, 5.74) is 6.39. The van der Waals surface area contributed by atoms with Gasteiger partial charge in [0.25, 0.3) is 0 Å². The monoisotopic (exact) mass is 272 g/mol. The number of rotatable bonds is 4. The molecule has 1 atom stereocenters. The van der Waals surface area contributed by atoms with Gasteiger partial charge in [-0.1, -0.05) is 13.3 Å². The number of halogens is 1. The zero-order chi connectivity index (χ0) is 12.3. The van der Waals surface area contributed by atoms with Crippen LogP contribution < -0.4 is 20.5 Å². The van der Waals surface area contributed by atoms with Gasteiger partial charge in [0.05, 0.1) is 6.04 Å². The first-order valence-corrected chi connectivity index (χ1v) is 5.67. The molecule has 6 heteroatoms. The fraction of sp³-hybridized carbons (Fsp3) is 0.417. The van der Waals surface area contributed by atoms with Crippen molar-refractivity contribution in [2.75, 3.05) is 12.1 Å². The van der Waals surface area contributed by atoms with E-state index in [1.165, 1.54) is 0 Å². The molecule has 1 aliphatic heterocycles. The van der Waals surface area contributed by atoms with Gasteiger partial charge in [0.15, 0.2) is 11.5 Å². The van der Waals surface area contributed by atoms with Crippen LogP contribution in [-0.2, 0) is 4.79 Å². The second-order valence-electron chi connectivity index (χ2n) is 3.95. The van der Waals surface area contributed by atoms with Crippen LogP contribution >= 0.6 is 12.4 Å². The van der Waals surface area contributed by atoms with Gasteiger partial charge in [-0.25, -0.2) is 0 Å². The molecule has 0 saturated heterocycles. The smallest absolute Gasteiger partial charge is 0.241 e. The first-order chi connectivity index (χ1) is 8.20. The number of benzene rings is 1. The predicted molar refractivity (Wildman–Crippen MR) is 71.3 cm³/mol. The summed E-state index contributed by atoms with van der Waals surface area (Å²) in [4.78, 5) is 11.7. The van der Waals surface area contributed by atoms with Gasteiger partial charge in [0.2, 0.25) is 12.7 Å². The van der Waals surface area contributed by atoms with Gasteiger partial charge in [0.1, 0.15) is 0 Å². The Bertz CT molecular complexity index is 426. The van der Waals surface area contributed by atoms with Gasteiger partial charge in [-0.05, 0) is 18.6 Å². The second-order valence-corrected chi connectivity index (χ2v) is 3.95. The van der Waals surface area contributed by atoms with Crippen molar-refractivity contribution < 1.29 is 14.3 Å². The molecule has 1 aliphatic rings. The zero-order valence-electron chi connectivity index (χ0n) is 10.1. The number of nitrogens with one attached hydrogen (secondary N) is 1. The van der Waals surface area contributed by atoms with Crippen LogP contribution in [0.2, 0.25) is 0 Å². The van der Waals surface area contributed by atoms with Gasteiger partial charge < -0.3 is 20.5 Å². The van der Waals surface area contributed by atoms with Gasteiger partial charge in [-0.2, -0.15) is 0 Å². The van der Waals surface area contributed by atoms with Gasteiger partial charge in [-0.3, -0.25) is 4.79 Å². The molecule has 3 N–H and O–H groups in total. The Balaban J connectivity index is 0.00000162. The number of fused-ring (bicyclic) bond motifs is 1. The highest BCUT2D eigenvalue weighted by Crippen LogP contribution is 2.34. The van der Waals surface area contributed by atoms with E-state index >= 15 is 0 Å². The molecule has 0 aromatic heterocycles. The number of anilines is 1. The van der Waals surface area contributed by atoms with Crippen molar-refractivity contribution in [2.45, 2.75) is 25.8 Å². The number of nitrogens with two attached hydrogens (primary N) is 1. The topological polar surface area (TPSA) is 73.6 Å². The van der Waals surface area contributed by atoms with Crippen LogP contribution in [-0.4, -0.2) is 18.7 Å². The highest BCUT2D eigenvalue weighted by atomic mass is 35.5. The third-order valence-electron chi connectivity index (χ3n) is 2.58. The number of carbonyl (C=O) groups is 1. The molecular formula is C12H17ClN2O3. The maximum Gasteiger partial charge on any atom is 0.241 e. The number of carbonyl (C=O) groups excluding carboxylic acids is 1. The van der Waals surface area contributed by atoms with Crippen molar-refractivity contribution in [3.63, 3.8) is 0 Å². The molecule has 5 nitrogen and oxygen atoms in total. The van der Waals surface area contributed by atoms with Gasteiger partial charge in [-0.15, -0.1) is 12.4 Å². The number of amides is 1. The summed E-state index contributed by atoms with van der Waals surface area (Å²) in [6.45, 7) is 2.22. The lowest BCUT2D eigenvalue weighted by Gasteiger charge is -2.11. The number of ether oxygens (including phenoxy) is 2. The molecule has 1 aromatic rings. The van der Waals surface area contributed by atoms with Crippen LogP contribution in [0.3, 0.4) is 0 Å². The van der Waals surface area contributed by atoms with E-state index in [1.54, 1.807) is 18.2 Å². The number of hydrogen-bond acceptors (Lipinski definition) is 4.